The van der Waals surface area contributed by atoms with Crippen molar-refractivity contribution in [3.63, 3.8) is 0 Å². The van der Waals surface area contributed by atoms with Gasteiger partial charge in [-0.05, 0) is 54.2 Å². The van der Waals surface area contributed by atoms with E-state index in [-0.39, 0.29) is 11.9 Å². The third kappa shape index (κ3) is 3.60. The number of pyridine rings is 1. The Labute approximate surface area is 159 Å². The molecule has 1 aromatic carbocycles. The lowest BCUT2D eigenvalue weighted by Gasteiger charge is -2.37. The fraction of sp³-hybridized carbons (Fsp3) is 0.364. The highest BCUT2D eigenvalue weighted by atomic mass is 16.5. The van der Waals surface area contributed by atoms with Gasteiger partial charge in [-0.25, -0.2) is 0 Å². The summed E-state index contributed by atoms with van der Waals surface area (Å²) in [4.78, 5) is 16.8. The van der Waals surface area contributed by atoms with Crippen LogP contribution in [0.4, 0.5) is 5.69 Å². The van der Waals surface area contributed by atoms with Gasteiger partial charge in [0.25, 0.3) is 5.91 Å². The second-order valence-electron chi connectivity index (χ2n) is 7.17. The molecular formula is C22H25N3O2. The lowest BCUT2D eigenvalue weighted by atomic mass is 9.77. The van der Waals surface area contributed by atoms with Crippen molar-refractivity contribution < 1.29 is 9.53 Å². The second-order valence-corrected chi connectivity index (χ2v) is 7.17. The third-order valence-electron chi connectivity index (χ3n) is 5.48. The zero-order valence-electron chi connectivity index (χ0n) is 15.5. The van der Waals surface area contributed by atoms with Crippen molar-refractivity contribution >= 4 is 11.6 Å². The van der Waals surface area contributed by atoms with Gasteiger partial charge >= 0.3 is 0 Å². The van der Waals surface area contributed by atoms with Gasteiger partial charge in [-0.3, -0.25) is 9.78 Å². The number of allylic oxidation sites excluding steroid dienone is 2. The molecule has 1 aromatic heterocycles. The minimum atomic E-state index is -0.0261. The predicted octanol–water partition coefficient (Wildman–Crippen LogP) is 3.67. The largest absolute Gasteiger partial charge is 0.385 e. The van der Waals surface area contributed by atoms with E-state index in [0.717, 1.165) is 18.5 Å². The van der Waals surface area contributed by atoms with Crippen LogP contribution in [0.2, 0.25) is 0 Å². The number of fused-ring (bicyclic) bond motifs is 3. The molecule has 3 unspecified atom stereocenters. The number of ether oxygens (including phenoxy) is 1. The van der Waals surface area contributed by atoms with Crippen LogP contribution in [0.5, 0.6) is 0 Å². The molecule has 2 heterocycles. The third-order valence-corrected chi connectivity index (χ3v) is 5.48. The summed E-state index contributed by atoms with van der Waals surface area (Å²) in [5.74, 6) is 0.747. The van der Waals surface area contributed by atoms with Crippen LogP contribution < -0.4 is 10.6 Å². The van der Waals surface area contributed by atoms with Gasteiger partial charge in [-0.2, -0.15) is 0 Å². The lowest BCUT2D eigenvalue weighted by Crippen LogP contribution is -2.30. The van der Waals surface area contributed by atoms with E-state index in [1.54, 1.807) is 7.11 Å². The van der Waals surface area contributed by atoms with Crippen molar-refractivity contribution in [1.82, 2.24) is 10.3 Å². The van der Waals surface area contributed by atoms with Crippen LogP contribution in [0.3, 0.4) is 0 Å². The van der Waals surface area contributed by atoms with Gasteiger partial charge in [0, 0.05) is 49.8 Å². The Bertz CT molecular complexity index is 835. The zero-order chi connectivity index (χ0) is 18.6. The van der Waals surface area contributed by atoms with Crippen LogP contribution in [-0.2, 0) is 4.74 Å². The molecule has 0 saturated heterocycles. The summed E-state index contributed by atoms with van der Waals surface area (Å²) in [6, 6.07) is 10.3. The Morgan fingerprint density at radius 1 is 1.37 bits per heavy atom. The zero-order valence-corrected chi connectivity index (χ0v) is 15.5. The lowest BCUT2D eigenvalue weighted by molar-refractivity contribution is 0.0948. The van der Waals surface area contributed by atoms with Crippen LogP contribution in [0.1, 0.15) is 46.3 Å². The molecule has 5 nitrogen and oxygen atoms in total. The fourth-order valence-corrected chi connectivity index (χ4v) is 4.15. The summed E-state index contributed by atoms with van der Waals surface area (Å²) >= 11 is 0. The first-order chi connectivity index (χ1) is 13.3. The van der Waals surface area contributed by atoms with E-state index in [1.807, 2.05) is 36.7 Å². The fourth-order valence-electron chi connectivity index (χ4n) is 4.15. The van der Waals surface area contributed by atoms with E-state index in [1.165, 1.54) is 11.1 Å². The molecule has 2 aromatic rings. The van der Waals surface area contributed by atoms with E-state index < -0.39 is 0 Å². The molecule has 1 aliphatic heterocycles. The summed E-state index contributed by atoms with van der Waals surface area (Å²) in [6.07, 6.45) is 10.1. The van der Waals surface area contributed by atoms with Crippen LogP contribution in [0, 0.1) is 5.92 Å². The van der Waals surface area contributed by atoms with Crippen molar-refractivity contribution in [2.75, 3.05) is 25.6 Å². The number of hydrogen-bond donors (Lipinski definition) is 2. The Morgan fingerprint density at radius 3 is 3.11 bits per heavy atom. The molecule has 1 aliphatic carbocycles. The molecule has 0 spiro atoms. The van der Waals surface area contributed by atoms with Gasteiger partial charge in [-0.1, -0.05) is 18.2 Å². The number of rotatable bonds is 6. The average Bonchev–Trinajstić information content (AvgIpc) is 3.21. The summed E-state index contributed by atoms with van der Waals surface area (Å²) in [5, 5.41) is 6.65. The normalized spacial score (nSPS) is 22.6. The highest BCUT2D eigenvalue weighted by Crippen LogP contribution is 2.49. The highest BCUT2D eigenvalue weighted by molar-refractivity contribution is 5.95. The van der Waals surface area contributed by atoms with E-state index in [0.29, 0.717) is 30.6 Å². The number of amides is 1. The molecule has 27 heavy (non-hydrogen) atoms. The van der Waals surface area contributed by atoms with E-state index >= 15 is 0 Å². The molecule has 0 fully saturated rings. The quantitative estimate of drug-likeness (QED) is 0.607. The van der Waals surface area contributed by atoms with Gasteiger partial charge < -0.3 is 15.4 Å². The number of anilines is 1. The van der Waals surface area contributed by atoms with Crippen LogP contribution in [-0.4, -0.2) is 31.2 Å². The monoisotopic (exact) mass is 363 g/mol. The minimum absolute atomic E-state index is 0.0261. The first-order valence-corrected chi connectivity index (χ1v) is 9.52. The Kier molecular flexibility index (Phi) is 5.21. The maximum atomic E-state index is 12.5. The van der Waals surface area contributed by atoms with Gasteiger partial charge in [0.1, 0.15) is 0 Å². The molecule has 0 bridgehead atoms. The molecule has 5 heteroatoms. The summed E-state index contributed by atoms with van der Waals surface area (Å²) in [5.41, 5.74) is 4.24. The number of nitrogens with zero attached hydrogens (tertiary/aromatic N) is 1. The first-order valence-electron chi connectivity index (χ1n) is 9.52. The Morgan fingerprint density at radius 2 is 2.30 bits per heavy atom. The second kappa shape index (κ2) is 7.92. The molecule has 2 aliphatic rings. The van der Waals surface area contributed by atoms with Crippen LogP contribution in [0.15, 0.2) is 54.9 Å². The van der Waals surface area contributed by atoms with Gasteiger partial charge in [-0.15, -0.1) is 0 Å². The molecule has 0 saturated carbocycles. The average molecular weight is 363 g/mol. The molecule has 0 radical (unpaired) electrons. The topological polar surface area (TPSA) is 63.2 Å². The minimum Gasteiger partial charge on any atom is -0.385 e. The van der Waals surface area contributed by atoms with Crippen molar-refractivity contribution in [2.45, 2.75) is 24.8 Å². The SMILES string of the molecule is COCCCNC(=O)c1ccc2c(c1)C1C=CCC1C(c1cccnc1)N2. The van der Waals surface area contributed by atoms with Crippen molar-refractivity contribution in [3.05, 3.63) is 71.6 Å². The molecule has 4 rings (SSSR count). The number of aromatic nitrogens is 1. The van der Waals surface area contributed by atoms with Crippen molar-refractivity contribution in [2.24, 2.45) is 5.92 Å². The maximum Gasteiger partial charge on any atom is 0.251 e. The van der Waals surface area contributed by atoms with Crippen molar-refractivity contribution in [3.8, 4) is 0 Å². The Balaban J connectivity index is 1.56. The standard InChI is InChI=1S/C22H25N3O2/c1-27-12-4-11-24-22(26)15-8-9-20-19(13-15)17-6-2-7-18(17)21(25-20)16-5-3-10-23-14-16/h2-3,5-6,8-10,13-14,17-18,21,25H,4,7,11-12H2,1H3,(H,24,26). The number of benzene rings is 1. The number of hydrogen-bond acceptors (Lipinski definition) is 4. The van der Waals surface area contributed by atoms with Crippen molar-refractivity contribution in [1.29, 1.82) is 0 Å². The summed E-state index contributed by atoms with van der Waals surface area (Å²) in [7, 11) is 1.67. The van der Waals surface area contributed by atoms with Crippen LogP contribution in [0.25, 0.3) is 0 Å². The van der Waals surface area contributed by atoms with Crippen LogP contribution >= 0.6 is 0 Å². The van der Waals surface area contributed by atoms with Gasteiger partial charge in [0.15, 0.2) is 0 Å². The maximum absolute atomic E-state index is 12.5. The number of carbonyl (C=O) groups is 1. The summed E-state index contributed by atoms with van der Waals surface area (Å²) < 4.78 is 5.03. The molecule has 2 N–H and O–H groups in total. The highest BCUT2D eigenvalue weighted by Gasteiger charge is 2.38. The van der Waals surface area contributed by atoms with Gasteiger partial charge in [0.05, 0.1) is 6.04 Å². The molecule has 140 valence electrons. The molecule has 1 amide bonds. The predicted molar refractivity (Wildman–Crippen MR) is 106 cm³/mol. The first kappa shape index (κ1) is 17.7. The molecular weight excluding hydrogens is 338 g/mol. The summed E-state index contributed by atoms with van der Waals surface area (Å²) in [6.45, 7) is 1.27. The number of carbonyl (C=O) groups excluding carboxylic acids is 1. The van der Waals surface area contributed by atoms with E-state index in [9.17, 15) is 4.79 Å². The molecule has 3 atom stereocenters. The smallest absolute Gasteiger partial charge is 0.251 e. The Hall–Kier alpha value is -2.66. The van der Waals surface area contributed by atoms with Gasteiger partial charge in [0.2, 0.25) is 0 Å². The number of nitrogens with one attached hydrogen (secondary N) is 2. The number of methoxy groups -OCH3 is 1. The van der Waals surface area contributed by atoms with E-state index in [2.05, 4.69) is 33.8 Å². The van der Waals surface area contributed by atoms with E-state index in [4.69, 9.17) is 4.74 Å².